The monoisotopic (exact) mass is 315 g/mol. The Bertz CT molecular complexity index is 600. The largest absolute Gasteiger partial charge is 0.390 e. The number of nitrogens with two attached hydrogens (primary N) is 1. The van der Waals surface area contributed by atoms with E-state index in [0.717, 1.165) is 4.57 Å². The molecule has 1 unspecified atom stereocenters. The maximum absolute atomic E-state index is 11.9. The van der Waals surface area contributed by atoms with Gasteiger partial charge in [-0.2, -0.15) is 0 Å². The molecule has 2 rings (SSSR count). The van der Waals surface area contributed by atoms with E-state index in [0.29, 0.717) is 19.4 Å². The highest BCUT2D eigenvalue weighted by molar-refractivity contribution is 4.96. The van der Waals surface area contributed by atoms with Gasteiger partial charge in [0.05, 0.1) is 6.10 Å². The summed E-state index contributed by atoms with van der Waals surface area (Å²) in [4.78, 5) is 25.1. The van der Waals surface area contributed by atoms with Crippen molar-refractivity contribution in [3.63, 3.8) is 0 Å². The number of hydrogen-bond donors (Lipinski definition) is 4. The van der Waals surface area contributed by atoms with Crippen molar-refractivity contribution >= 4 is 0 Å². The number of aromatic amines is 1. The molecule has 5 N–H and O–H groups in total. The lowest BCUT2D eigenvalue weighted by molar-refractivity contribution is -0.0894. The third-order valence-corrected chi connectivity index (χ3v) is 3.73. The third-order valence-electron chi connectivity index (χ3n) is 3.73. The fourth-order valence-electron chi connectivity index (χ4n) is 2.59. The Morgan fingerprint density at radius 3 is 2.86 bits per heavy atom. The van der Waals surface area contributed by atoms with Crippen molar-refractivity contribution in [1.29, 1.82) is 0 Å². The highest BCUT2D eigenvalue weighted by Gasteiger charge is 2.48. The molecule has 0 saturated carbocycles. The van der Waals surface area contributed by atoms with Gasteiger partial charge in [0.1, 0.15) is 18.3 Å². The summed E-state index contributed by atoms with van der Waals surface area (Å²) < 4.78 is 11.9. The minimum atomic E-state index is -1.11. The molecule has 5 atom stereocenters. The summed E-state index contributed by atoms with van der Waals surface area (Å²) in [5, 5.41) is 20.4. The number of nitrogens with one attached hydrogen (secondary N) is 1. The van der Waals surface area contributed by atoms with Gasteiger partial charge in [0, 0.05) is 19.4 Å². The first-order chi connectivity index (χ1) is 10.5. The molecule has 0 radical (unpaired) electrons. The lowest BCUT2D eigenvalue weighted by atomic mass is 10.0. The fraction of sp³-hybridized carbons (Fsp3) is 0.692. The molecule has 0 aliphatic carbocycles. The van der Waals surface area contributed by atoms with Crippen molar-refractivity contribution < 1.29 is 19.7 Å². The Hall–Kier alpha value is -1.52. The number of nitrogens with zero attached hydrogens (tertiary/aromatic N) is 1. The van der Waals surface area contributed by atoms with Crippen LogP contribution in [0.15, 0.2) is 21.9 Å². The van der Waals surface area contributed by atoms with Gasteiger partial charge >= 0.3 is 5.69 Å². The van der Waals surface area contributed by atoms with E-state index in [1.807, 2.05) is 0 Å². The summed E-state index contributed by atoms with van der Waals surface area (Å²) in [5.74, 6) is 0. The standard InChI is InChI=1S/C13H21N3O6/c1-21-11-9(19)10(7(17)3-2-5-14)22-12(11)16-6-4-8(18)15-13(16)20/h4,6-7,9-12,17,19H,2-3,5,14H2,1H3,(H,15,18,20)/t7-,9?,10-,11+,12-/m1/s1. The van der Waals surface area contributed by atoms with E-state index < -0.39 is 41.9 Å². The summed E-state index contributed by atoms with van der Waals surface area (Å²) in [6, 6.07) is 1.17. The van der Waals surface area contributed by atoms with E-state index in [9.17, 15) is 19.8 Å². The number of aliphatic hydroxyl groups excluding tert-OH is 2. The van der Waals surface area contributed by atoms with Crippen LogP contribution in [0.1, 0.15) is 19.1 Å². The zero-order valence-corrected chi connectivity index (χ0v) is 12.2. The predicted octanol–water partition coefficient (Wildman–Crippen LogP) is -2.09. The molecule has 9 nitrogen and oxygen atoms in total. The summed E-state index contributed by atoms with van der Waals surface area (Å²) in [7, 11) is 1.37. The van der Waals surface area contributed by atoms with Crippen LogP contribution >= 0.6 is 0 Å². The summed E-state index contributed by atoms with van der Waals surface area (Å²) in [6.45, 7) is 0.413. The van der Waals surface area contributed by atoms with Crippen LogP contribution in [0.5, 0.6) is 0 Å². The number of H-pyrrole nitrogens is 1. The first-order valence-corrected chi connectivity index (χ1v) is 7.05. The van der Waals surface area contributed by atoms with Crippen molar-refractivity contribution in [3.8, 4) is 0 Å². The Morgan fingerprint density at radius 2 is 2.27 bits per heavy atom. The molecular formula is C13H21N3O6. The van der Waals surface area contributed by atoms with E-state index in [4.69, 9.17) is 15.2 Å². The maximum atomic E-state index is 11.9. The average molecular weight is 315 g/mol. The predicted molar refractivity (Wildman–Crippen MR) is 76.3 cm³/mol. The molecule has 1 saturated heterocycles. The van der Waals surface area contributed by atoms with Gasteiger partial charge in [-0.05, 0) is 19.4 Å². The minimum absolute atomic E-state index is 0.363. The van der Waals surface area contributed by atoms with Crippen LogP contribution in [0.3, 0.4) is 0 Å². The molecule has 1 aliphatic heterocycles. The normalized spacial score (nSPS) is 29.6. The first-order valence-electron chi connectivity index (χ1n) is 7.05. The molecule has 124 valence electrons. The van der Waals surface area contributed by atoms with Crippen LogP contribution in [-0.4, -0.2) is 57.8 Å². The maximum Gasteiger partial charge on any atom is 0.330 e. The lowest BCUT2D eigenvalue weighted by Crippen LogP contribution is -2.40. The van der Waals surface area contributed by atoms with Crippen LogP contribution in [0.2, 0.25) is 0 Å². The summed E-state index contributed by atoms with van der Waals surface area (Å²) in [6.07, 6.45) is -2.53. The SMILES string of the molecule is CO[C@H]1C(O)[C@@H]([C@H](O)CCCN)O[C@H]1n1ccc(=O)[nH]c1=O. The third kappa shape index (κ3) is 3.28. The molecule has 0 aromatic carbocycles. The van der Waals surface area contributed by atoms with Gasteiger partial charge < -0.3 is 25.4 Å². The average Bonchev–Trinajstić information content (AvgIpc) is 2.81. The Kier molecular flexibility index (Phi) is 5.48. The quantitative estimate of drug-likeness (QED) is 0.472. The Morgan fingerprint density at radius 1 is 1.55 bits per heavy atom. The van der Waals surface area contributed by atoms with E-state index >= 15 is 0 Å². The van der Waals surface area contributed by atoms with Gasteiger partial charge in [-0.25, -0.2) is 4.79 Å². The smallest absolute Gasteiger partial charge is 0.330 e. The fourth-order valence-corrected chi connectivity index (χ4v) is 2.59. The topological polar surface area (TPSA) is 140 Å². The summed E-state index contributed by atoms with van der Waals surface area (Å²) >= 11 is 0. The Balaban J connectivity index is 2.25. The van der Waals surface area contributed by atoms with Crippen LogP contribution in [0.25, 0.3) is 0 Å². The van der Waals surface area contributed by atoms with Gasteiger partial charge in [0.15, 0.2) is 6.23 Å². The van der Waals surface area contributed by atoms with E-state index in [-0.39, 0.29) is 0 Å². The molecule has 1 fully saturated rings. The second-order valence-corrected chi connectivity index (χ2v) is 5.20. The molecule has 22 heavy (non-hydrogen) atoms. The van der Waals surface area contributed by atoms with Crippen molar-refractivity contribution in [2.75, 3.05) is 13.7 Å². The van der Waals surface area contributed by atoms with Gasteiger partial charge in [-0.1, -0.05) is 0 Å². The van der Waals surface area contributed by atoms with Crippen molar-refractivity contribution in [2.24, 2.45) is 5.73 Å². The lowest BCUT2D eigenvalue weighted by Gasteiger charge is -2.21. The number of methoxy groups -OCH3 is 1. The first kappa shape index (κ1) is 16.8. The molecule has 1 aliphatic rings. The van der Waals surface area contributed by atoms with Gasteiger partial charge in [-0.3, -0.25) is 14.3 Å². The molecule has 0 bridgehead atoms. The molecule has 1 aromatic rings. The molecule has 1 aromatic heterocycles. The second kappa shape index (κ2) is 7.16. The van der Waals surface area contributed by atoms with Gasteiger partial charge in [0.2, 0.25) is 0 Å². The number of aliphatic hydroxyl groups is 2. The number of rotatable bonds is 6. The molecular weight excluding hydrogens is 294 g/mol. The van der Waals surface area contributed by atoms with E-state index in [1.165, 1.54) is 19.4 Å². The second-order valence-electron chi connectivity index (χ2n) is 5.20. The number of aromatic nitrogens is 2. The van der Waals surface area contributed by atoms with Crippen molar-refractivity contribution in [3.05, 3.63) is 33.1 Å². The zero-order chi connectivity index (χ0) is 16.3. The molecule has 0 amide bonds. The number of hydrogen-bond acceptors (Lipinski definition) is 7. The summed E-state index contributed by atoms with van der Waals surface area (Å²) in [5.41, 5.74) is 4.19. The minimum Gasteiger partial charge on any atom is -0.390 e. The van der Waals surface area contributed by atoms with Gasteiger partial charge in [-0.15, -0.1) is 0 Å². The highest BCUT2D eigenvalue weighted by Crippen LogP contribution is 2.32. The van der Waals surface area contributed by atoms with E-state index in [2.05, 4.69) is 4.98 Å². The van der Waals surface area contributed by atoms with Crippen molar-refractivity contribution in [2.45, 2.75) is 43.5 Å². The zero-order valence-electron chi connectivity index (χ0n) is 12.2. The number of ether oxygens (including phenoxy) is 2. The van der Waals surface area contributed by atoms with Crippen LogP contribution in [0, 0.1) is 0 Å². The van der Waals surface area contributed by atoms with Crippen LogP contribution in [0.4, 0.5) is 0 Å². The molecule has 2 heterocycles. The van der Waals surface area contributed by atoms with Crippen LogP contribution in [-0.2, 0) is 9.47 Å². The molecule has 9 heteroatoms. The Labute approximate surface area is 126 Å². The van der Waals surface area contributed by atoms with Gasteiger partial charge in [0.25, 0.3) is 5.56 Å². The van der Waals surface area contributed by atoms with Crippen molar-refractivity contribution in [1.82, 2.24) is 9.55 Å². The van der Waals surface area contributed by atoms with E-state index in [1.54, 1.807) is 0 Å². The highest BCUT2D eigenvalue weighted by atomic mass is 16.6. The van der Waals surface area contributed by atoms with Crippen LogP contribution < -0.4 is 17.0 Å². The molecule has 0 spiro atoms.